The summed E-state index contributed by atoms with van der Waals surface area (Å²) in [5, 5.41) is 7.10. The predicted octanol–water partition coefficient (Wildman–Crippen LogP) is 1.45. The van der Waals surface area contributed by atoms with Crippen molar-refractivity contribution in [1.29, 1.82) is 0 Å². The van der Waals surface area contributed by atoms with E-state index in [1.807, 2.05) is 24.8 Å². The van der Waals surface area contributed by atoms with Gasteiger partial charge < -0.3 is 15.0 Å². The van der Waals surface area contributed by atoms with E-state index in [0.29, 0.717) is 37.4 Å². The van der Waals surface area contributed by atoms with Crippen molar-refractivity contribution < 1.29 is 14.3 Å². The minimum Gasteiger partial charge on any atom is -0.441 e. The number of hydrogen-bond acceptors (Lipinski definition) is 5. The number of carbonyl (C=O) groups is 2. The van der Waals surface area contributed by atoms with Gasteiger partial charge in [0, 0.05) is 31.3 Å². The zero-order chi connectivity index (χ0) is 17.6. The van der Waals surface area contributed by atoms with Gasteiger partial charge in [-0.1, -0.05) is 0 Å². The summed E-state index contributed by atoms with van der Waals surface area (Å²) >= 11 is 0. The number of likely N-dealkylation sites (tertiary alicyclic amines) is 1. The van der Waals surface area contributed by atoms with E-state index in [-0.39, 0.29) is 12.0 Å². The molecule has 132 valence electrons. The van der Waals surface area contributed by atoms with Crippen molar-refractivity contribution in [1.82, 2.24) is 24.8 Å². The fourth-order valence-electron chi connectivity index (χ4n) is 3.66. The van der Waals surface area contributed by atoms with Gasteiger partial charge in [-0.2, -0.15) is 5.10 Å². The zero-order valence-corrected chi connectivity index (χ0v) is 14.4. The van der Waals surface area contributed by atoms with Gasteiger partial charge in [-0.15, -0.1) is 0 Å². The van der Waals surface area contributed by atoms with Gasteiger partial charge in [-0.3, -0.25) is 4.79 Å². The highest BCUT2D eigenvalue weighted by atomic mass is 16.6. The Morgan fingerprint density at radius 1 is 1.28 bits per heavy atom. The lowest BCUT2D eigenvalue weighted by Crippen LogP contribution is -2.37. The topological polar surface area (TPSA) is 88.8 Å². The van der Waals surface area contributed by atoms with Crippen LogP contribution >= 0.6 is 0 Å². The minimum atomic E-state index is -0.470. The predicted molar refractivity (Wildman–Crippen MR) is 89.4 cm³/mol. The molecule has 1 N–H and O–H groups in total. The summed E-state index contributed by atoms with van der Waals surface area (Å²) in [5.74, 6) is -0.0845. The lowest BCUT2D eigenvalue weighted by molar-refractivity contribution is 0.0438. The molecule has 1 spiro atoms. The average molecular weight is 343 g/mol. The average Bonchev–Trinajstić information content (AvgIpc) is 3.05. The first-order valence-electron chi connectivity index (χ1n) is 8.56. The second kappa shape index (κ2) is 5.72. The number of aromatic nitrogens is 3. The number of nitrogens with zero attached hydrogens (tertiary/aromatic N) is 4. The molecule has 0 aromatic carbocycles. The van der Waals surface area contributed by atoms with E-state index in [1.165, 1.54) is 0 Å². The number of carbonyl (C=O) groups excluding carboxylic acids is 2. The van der Waals surface area contributed by atoms with Crippen LogP contribution in [0.1, 0.15) is 41.1 Å². The number of hydrogen-bond donors (Lipinski definition) is 1. The number of fused-ring (bicyclic) bond motifs is 1. The molecule has 8 heteroatoms. The van der Waals surface area contributed by atoms with E-state index in [1.54, 1.807) is 10.6 Å². The second-order valence-electron chi connectivity index (χ2n) is 6.91. The Kier molecular flexibility index (Phi) is 3.63. The lowest BCUT2D eigenvalue weighted by atomic mass is 9.95. The highest BCUT2D eigenvalue weighted by molar-refractivity contribution is 5.93. The molecule has 0 radical (unpaired) electrons. The van der Waals surface area contributed by atoms with E-state index in [2.05, 4.69) is 15.4 Å². The van der Waals surface area contributed by atoms with E-state index < -0.39 is 5.60 Å². The van der Waals surface area contributed by atoms with Crippen LogP contribution in [0, 0.1) is 13.8 Å². The first-order valence-corrected chi connectivity index (χ1v) is 8.56. The maximum atomic E-state index is 12.9. The molecule has 0 unspecified atom stereocenters. The summed E-state index contributed by atoms with van der Waals surface area (Å²) in [7, 11) is 0. The van der Waals surface area contributed by atoms with Crippen molar-refractivity contribution in [3.8, 4) is 0 Å². The van der Waals surface area contributed by atoms with Crippen LogP contribution in [0.2, 0.25) is 0 Å². The Morgan fingerprint density at radius 2 is 2.12 bits per heavy atom. The third-order valence-corrected chi connectivity index (χ3v) is 5.00. The molecule has 0 bridgehead atoms. The molecule has 4 rings (SSSR count). The normalized spacial score (nSPS) is 23.6. The van der Waals surface area contributed by atoms with Crippen LogP contribution in [0.5, 0.6) is 0 Å². The van der Waals surface area contributed by atoms with E-state index in [0.717, 1.165) is 24.2 Å². The van der Waals surface area contributed by atoms with Crippen LogP contribution < -0.4 is 5.32 Å². The van der Waals surface area contributed by atoms with Crippen molar-refractivity contribution >= 4 is 17.6 Å². The Morgan fingerprint density at radius 3 is 2.88 bits per heavy atom. The van der Waals surface area contributed by atoms with Crippen molar-refractivity contribution in [2.24, 2.45) is 0 Å². The lowest BCUT2D eigenvalue weighted by Gasteiger charge is -2.24. The summed E-state index contributed by atoms with van der Waals surface area (Å²) < 4.78 is 7.21. The Hall–Kier alpha value is -2.64. The molecule has 2 amide bonds. The Balaban J connectivity index is 1.55. The van der Waals surface area contributed by atoms with E-state index in [9.17, 15) is 9.59 Å². The molecular weight excluding hydrogens is 322 g/mol. The molecule has 2 aliphatic rings. The smallest absolute Gasteiger partial charge is 0.407 e. The van der Waals surface area contributed by atoms with Gasteiger partial charge in [0.05, 0.1) is 12.2 Å². The van der Waals surface area contributed by atoms with Gasteiger partial charge in [-0.05, 0) is 32.8 Å². The van der Waals surface area contributed by atoms with Crippen molar-refractivity contribution in [3.05, 3.63) is 29.2 Å². The Bertz CT molecular complexity index is 861. The molecule has 0 aliphatic carbocycles. The number of amides is 2. The van der Waals surface area contributed by atoms with E-state index in [4.69, 9.17) is 4.74 Å². The summed E-state index contributed by atoms with van der Waals surface area (Å²) in [6, 6.07) is 3.64. The maximum absolute atomic E-state index is 12.9. The molecule has 2 saturated heterocycles. The number of ether oxygens (including phenoxy) is 1. The van der Waals surface area contributed by atoms with Crippen LogP contribution in [0.15, 0.2) is 12.1 Å². The zero-order valence-electron chi connectivity index (χ0n) is 14.4. The molecule has 25 heavy (non-hydrogen) atoms. The molecule has 1 atom stereocenters. The number of aryl methyl sites for hydroxylation is 2. The summed E-state index contributed by atoms with van der Waals surface area (Å²) in [6.45, 7) is 5.53. The van der Waals surface area contributed by atoms with E-state index >= 15 is 0 Å². The molecule has 0 saturated carbocycles. The molecule has 2 aliphatic heterocycles. The van der Waals surface area contributed by atoms with Crippen molar-refractivity contribution in [3.63, 3.8) is 0 Å². The number of rotatable bonds is 1. The van der Waals surface area contributed by atoms with Crippen LogP contribution in [0.3, 0.4) is 0 Å². The largest absolute Gasteiger partial charge is 0.441 e. The van der Waals surface area contributed by atoms with Crippen molar-refractivity contribution in [2.75, 3.05) is 19.6 Å². The van der Waals surface area contributed by atoms with Gasteiger partial charge in [0.2, 0.25) is 0 Å². The second-order valence-corrected chi connectivity index (χ2v) is 6.91. The number of nitrogens with one attached hydrogen (secondary N) is 1. The standard InChI is InChI=1S/C17H21N5O3/c1-11-8-14-19-13(9-12(2)22(14)20-11)15(23)21-6-3-4-17(5-7-21)10-18-16(24)25-17/h8-9H,3-7,10H2,1-2H3,(H,18,24)/t17-/m1/s1. The quantitative estimate of drug-likeness (QED) is 0.847. The van der Waals surface area contributed by atoms with Gasteiger partial charge in [0.1, 0.15) is 11.3 Å². The van der Waals surface area contributed by atoms with Gasteiger partial charge in [0.15, 0.2) is 5.65 Å². The highest BCUT2D eigenvalue weighted by Crippen LogP contribution is 2.29. The van der Waals surface area contributed by atoms with Crippen LogP contribution in [-0.2, 0) is 4.74 Å². The summed E-state index contributed by atoms with van der Waals surface area (Å²) in [6.07, 6.45) is 1.85. The third-order valence-electron chi connectivity index (χ3n) is 5.00. The number of alkyl carbamates (subject to hydrolysis) is 1. The van der Waals surface area contributed by atoms with Crippen LogP contribution in [-0.4, -0.2) is 56.7 Å². The van der Waals surface area contributed by atoms with Crippen LogP contribution in [0.4, 0.5) is 4.79 Å². The summed E-state index contributed by atoms with van der Waals surface area (Å²) in [4.78, 5) is 30.6. The molecule has 2 fully saturated rings. The molecule has 8 nitrogen and oxygen atoms in total. The van der Waals surface area contributed by atoms with Gasteiger partial charge in [0.25, 0.3) is 5.91 Å². The molecule has 4 heterocycles. The van der Waals surface area contributed by atoms with Crippen LogP contribution in [0.25, 0.3) is 5.65 Å². The molecule has 2 aromatic heterocycles. The molecule has 2 aromatic rings. The van der Waals surface area contributed by atoms with Crippen molar-refractivity contribution in [2.45, 2.75) is 38.7 Å². The summed E-state index contributed by atoms with van der Waals surface area (Å²) in [5.41, 5.74) is 2.39. The minimum absolute atomic E-state index is 0.0845. The first kappa shape index (κ1) is 15.9. The fraction of sp³-hybridized carbons (Fsp3) is 0.529. The van der Waals surface area contributed by atoms with Gasteiger partial charge >= 0.3 is 6.09 Å². The first-order chi connectivity index (χ1) is 12.0. The fourth-order valence-corrected chi connectivity index (χ4v) is 3.66. The molecular formula is C17H21N5O3. The SMILES string of the molecule is Cc1cc2nc(C(=O)N3CCC[C@@]4(CC3)CNC(=O)O4)cc(C)n2n1. The Labute approximate surface area is 145 Å². The monoisotopic (exact) mass is 343 g/mol. The third kappa shape index (κ3) is 2.81. The highest BCUT2D eigenvalue weighted by Gasteiger charge is 2.42. The van der Waals surface area contributed by atoms with Gasteiger partial charge in [-0.25, -0.2) is 14.3 Å². The maximum Gasteiger partial charge on any atom is 0.407 e.